The predicted molar refractivity (Wildman–Crippen MR) is 77.6 cm³/mol. The van der Waals surface area contributed by atoms with Crippen LogP contribution in [0.3, 0.4) is 0 Å². The van der Waals surface area contributed by atoms with Crippen molar-refractivity contribution < 1.29 is 14.5 Å². The van der Waals surface area contributed by atoms with E-state index in [4.69, 9.17) is 10.5 Å². The molecule has 1 aromatic carbocycles. The summed E-state index contributed by atoms with van der Waals surface area (Å²) in [6.45, 7) is 2.71. The number of amides is 1. The van der Waals surface area contributed by atoms with Crippen LogP contribution < -0.4 is 15.8 Å². The summed E-state index contributed by atoms with van der Waals surface area (Å²) in [6, 6.07) is 3.78. The lowest BCUT2D eigenvalue weighted by Crippen LogP contribution is -2.42. The van der Waals surface area contributed by atoms with Crippen LogP contribution in [0.1, 0.15) is 13.3 Å². The SMILES string of the molecule is CCNC(CCOc1cc([N+](=O)[O-])ccc1Br)C(N)=O. The fourth-order valence-corrected chi connectivity index (χ4v) is 1.96. The van der Waals surface area contributed by atoms with E-state index in [0.717, 1.165) is 0 Å². The highest BCUT2D eigenvalue weighted by molar-refractivity contribution is 9.10. The molecule has 0 aromatic heterocycles. The van der Waals surface area contributed by atoms with E-state index in [1.807, 2.05) is 6.92 Å². The predicted octanol–water partition coefficient (Wildman–Crippen LogP) is 1.59. The van der Waals surface area contributed by atoms with Gasteiger partial charge in [0.05, 0.1) is 28.1 Å². The van der Waals surface area contributed by atoms with Gasteiger partial charge in [-0.3, -0.25) is 14.9 Å². The number of nitrogens with zero attached hydrogens (tertiary/aromatic N) is 1. The largest absolute Gasteiger partial charge is 0.492 e. The fraction of sp³-hybridized carbons (Fsp3) is 0.417. The molecule has 0 aliphatic heterocycles. The Morgan fingerprint density at radius 3 is 2.85 bits per heavy atom. The molecular formula is C12H16BrN3O4. The minimum atomic E-state index is -0.496. The molecule has 1 rings (SSSR count). The van der Waals surface area contributed by atoms with Crippen LogP contribution in [-0.4, -0.2) is 30.0 Å². The molecule has 1 aromatic rings. The topological polar surface area (TPSA) is 107 Å². The number of carbonyl (C=O) groups excluding carboxylic acids is 1. The van der Waals surface area contributed by atoms with Gasteiger partial charge < -0.3 is 15.8 Å². The van der Waals surface area contributed by atoms with Crippen LogP contribution in [-0.2, 0) is 4.79 Å². The number of rotatable bonds is 8. The number of nitro groups is 1. The zero-order chi connectivity index (χ0) is 15.1. The number of halogens is 1. The molecule has 3 N–H and O–H groups in total. The summed E-state index contributed by atoms with van der Waals surface area (Å²) in [4.78, 5) is 21.3. The number of nitro benzene ring substituents is 1. The lowest BCUT2D eigenvalue weighted by Gasteiger charge is -2.15. The van der Waals surface area contributed by atoms with Crippen molar-refractivity contribution in [3.8, 4) is 5.75 Å². The van der Waals surface area contributed by atoms with Crippen molar-refractivity contribution in [1.29, 1.82) is 0 Å². The normalized spacial score (nSPS) is 11.9. The monoisotopic (exact) mass is 345 g/mol. The third kappa shape index (κ3) is 4.78. The van der Waals surface area contributed by atoms with E-state index in [1.165, 1.54) is 12.1 Å². The number of hydrogen-bond acceptors (Lipinski definition) is 5. The lowest BCUT2D eigenvalue weighted by molar-refractivity contribution is -0.385. The quantitative estimate of drug-likeness (QED) is 0.549. The first-order valence-corrected chi connectivity index (χ1v) is 6.84. The van der Waals surface area contributed by atoms with E-state index in [-0.39, 0.29) is 12.3 Å². The van der Waals surface area contributed by atoms with Crippen molar-refractivity contribution in [2.75, 3.05) is 13.2 Å². The molecule has 1 unspecified atom stereocenters. The summed E-state index contributed by atoms with van der Waals surface area (Å²) in [5, 5.41) is 13.6. The Bertz CT molecular complexity index is 496. The van der Waals surface area contributed by atoms with E-state index in [1.54, 1.807) is 6.07 Å². The third-order valence-electron chi connectivity index (χ3n) is 2.58. The van der Waals surface area contributed by atoms with Crippen LogP contribution in [0.25, 0.3) is 0 Å². The van der Waals surface area contributed by atoms with E-state index in [0.29, 0.717) is 23.2 Å². The number of benzene rings is 1. The molecule has 1 atom stereocenters. The Hall–Kier alpha value is -1.67. The van der Waals surface area contributed by atoms with Crippen molar-refractivity contribution in [3.05, 3.63) is 32.8 Å². The van der Waals surface area contributed by atoms with E-state index in [9.17, 15) is 14.9 Å². The van der Waals surface area contributed by atoms with Crippen LogP contribution in [0.2, 0.25) is 0 Å². The van der Waals surface area contributed by atoms with Crippen LogP contribution in [0.5, 0.6) is 5.75 Å². The third-order valence-corrected chi connectivity index (χ3v) is 3.24. The molecule has 0 aliphatic carbocycles. The van der Waals surface area contributed by atoms with Gasteiger partial charge in [-0.1, -0.05) is 6.92 Å². The summed E-state index contributed by atoms with van der Waals surface area (Å²) in [5.74, 6) is -0.0903. The maximum absolute atomic E-state index is 11.1. The molecule has 7 nitrogen and oxygen atoms in total. The Labute approximate surface area is 124 Å². The number of hydrogen-bond donors (Lipinski definition) is 2. The second-order valence-electron chi connectivity index (χ2n) is 4.02. The highest BCUT2D eigenvalue weighted by atomic mass is 79.9. The van der Waals surface area contributed by atoms with E-state index >= 15 is 0 Å². The Kier molecular flexibility index (Phi) is 6.40. The molecular weight excluding hydrogens is 330 g/mol. The van der Waals surface area contributed by atoms with Gasteiger partial charge in [0.2, 0.25) is 5.91 Å². The first-order valence-electron chi connectivity index (χ1n) is 6.05. The van der Waals surface area contributed by atoms with Gasteiger partial charge in [0.1, 0.15) is 5.75 Å². The fourth-order valence-electron chi connectivity index (χ4n) is 1.59. The Balaban J connectivity index is 2.63. The Morgan fingerprint density at radius 2 is 2.30 bits per heavy atom. The van der Waals surface area contributed by atoms with E-state index in [2.05, 4.69) is 21.2 Å². The Morgan fingerprint density at radius 1 is 1.60 bits per heavy atom. The molecule has 1 amide bonds. The van der Waals surface area contributed by atoms with Gasteiger partial charge in [-0.05, 0) is 28.5 Å². The molecule has 0 saturated heterocycles. The van der Waals surface area contributed by atoms with Crippen LogP contribution in [0, 0.1) is 10.1 Å². The summed E-state index contributed by atoms with van der Waals surface area (Å²) < 4.78 is 6.07. The first kappa shape index (κ1) is 16.4. The number of nitrogens with two attached hydrogens (primary N) is 1. The van der Waals surface area contributed by atoms with Crippen LogP contribution in [0.15, 0.2) is 22.7 Å². The molecule has 0 spiro atoms. The molecule has 0 radical (unpaired) electrons. The average molecular weight is 346 g/mol. The van der Waals surface area contributed by atoms with Crippen molar-refractivity contribution in [2.24, 2.45) is 5.73 Å². The van der Waals surface area contributed by atoms with Crippen LogP contribution in [0.4, 0.5) is 5.69 Å². The van der Waals surface area contributed by atoms with Crippen LogP contribution >= 0.6 is 15.9 Å². The maximum Gasteiger partial charge on any atom is 0.273 e. The van der Waals surface area contributed by atoms with Gasteiger partial charge in [-0.2, -0.15) is 0 Å². The number of likely N-dealkylation sites (N-methyl/N-ethyl adjacent to an activating group) is 1. The number of carbonyl (C=O) groups is 1. The molecule has 20 heavy (non-hydrogen) atoms. The van der Waals surface area contributed by atoms with Crippen molar-refractivity contribution in [1.82, 2.24) is 5.32 Å². The molecule has 0 fully saturated rings. The maximum atomic E-state index is 11.1. The van der Waals surface area contributed by atoms with E-state index < -0.39 is 16.9 Å². The van der Waals surface area contributed by atoms with Gasteiger partial charge in [-0.25, -0.2) is 0 Å². The molecule has 0 aliphatic rings. The van der Waals surface area contributed by atoms with Crippen molar-refractivity contribution in [3.63, 3.8) is 0 Å². The van der Waals surface area contributed by atoms with Gasteiger partial charge in [-0.15, -0.1) is 0 Å². The minimum absolute atomic E-state index is 0.0543. The highest BCUT2D eigenvalue weighted by Gasteiger charge is 2.15. The van der Waals surface area contributed by atoms with Gasteiger partial charge >= 0.3 is 0 Å². The molecule has 8 heteroatoms. The molecule has 110 valence electrons. The standard InChI is InChI=1S/C12H16BrN3O4/c1-2-15-10(12(14)17)5-6-20-11-7-8(16(18)19)3-4-9(11)13/h3-4,7,10,15H,2,5-6H2,1H3,(H2,14,17). The number of ether oxygens (including phenoxy) is 1. The summed E-state index contributed by atoms with van der Waals surface area (Å²) >= 11 is 3.25. The van der Waals surface area contributed by atoms with Crippen molar-refractivity contribution >= 4 is 27.5 Å². The second kappa shape index (κ2) is 7.81. The van der Waals surface area contributed by atoms with Gasteiger partial charge in [0.25, 0.3) is 5.69 Å². The zero-order valence-electron chi connectivity index (χ0n) is 11.0. The van der Waals surface area contributed by atoms with Gasteiger partial charge in [0.15, 0.2) is 0 Å². The zero-order valence-corrected chi connectivity index (χ0v) is 12.6. The summed E-state index contributed by atoms with van der Waals surface area (Å²) in [6.07, 6.45) is 0.387. The number of primary amides is 1. The highest BCUT2D eigenvalue weighted by Crippen LogP contribution is 2.29. The van der Waals surface area contributed by atoms with Crippen molar-refractivity contribution in [2.45, 2.75) is 19.4 Å². The molecule has 0 saturated carbocycles. The number of nitrogens with one attached hydrogen (secondary N) is 1. The molecule has 0 heterocycles. The first-order chi connectivity index (χ1) is 9.45. The minimum Gasteiger partial charge on any atom is -0.492 e. The van der Waals surface area contributed by atoms with Gasteiger partial charge in [0, 0.05) is 12.5 Å². The molecule has 0 bridgehead atoms. The smallest absolute Gasteiger partial charge is 0.273 e. The number of non-ortho nitro benzene ring substituents is 1. The second-order valence-corrected chi connectivity index (χ2v) is 4.88. The lowest BCUT2D eigenvalue weighted by atomic mass is 10.2. The average Bonchev–Trinajstić information content (AvgIpc) is 2.39. The summed E-state index contributed by atoms with van der Waals surface area (Å²) in [5.41, 5.74) is 5.19. The summed E-state index contributed by atoms with van der Waals surface area (Å²) in [7, 11) is 0.